The van der Waals surface area contributed by atoms with Crippen LogP contribution in [0.5, 0.6) is 5.75 Å². The summed E-state index contributed by atoms with van der Waals surface area (Å²) in [6, 6.07) is 9.68. The SMILES string of the molecule is CCOc1ccc(C(=O)Nc2ccc(Cl)cc2Cl)cc1Cl. The molecule has 110 valence electrons. The molecule has 1 N–H and O–H groups in total. The molecule has 0 aliphatic carbocycles. The molecule has 0 fully saturated rings. The first-order chi connectivity index (χ1) is 10.0. The molecule has 2 rings (SSSR count). The number of ether oxygens (including phenoxy) is 1. The van der Waals surface area contributed by atoms with E-state index in [4.69, 9.17) is 39.5 Å². The van der Waals surface area contributed by atoms with Crippen LogP contribution >= 0.6 is 34.8 Å². The lowest BCUT2D eigenvalue weighted by Gasteiger charge is -2.10. The van der Waals surface area contributed by atoms with E-state index in [0.717, 1.165) is 0 Å². The molecule has 0 unspecified atom stereocenters. The van der Waals surface area contributed by atoms with Crippen molar-refractivity contribution in [2.45, 2.75) is 6.92 Å². The van der Waals surface area contributed by atoms with Crippen molar-refractivity contribution in [1.29, 1.82) is 0 Å². The molecule has 0 saturated heterocycles. The summed E-state index contributed by atoms with van der Waals surface area (Å²) in [6.45, 7) is 2.37. The molecule has 2 aromatic rings. The molecule has 3 nitrogen and oxygen atoms in total. The van der Waals surface area contributed by atoms with Gasteiger partial charge in [0.2, 0.25) is 0 Å². The van der Waals surface area contributed by atoms with E-state index in [-0.39, 0.29) is 5.91 Å². The number of rotatable bonds is 4. The second-order valence-electron chi connectivity index (χ2n) is 4.16. The zero-order valence-corrected chi connectivity index (χ0v) is 13.4. The molecular weight excluding hydrogens is 333 g/mol. The molecule has 0 aliphatic heterocycles. The zero-order valence-electron chi connectivity index (χ0n) is 11.1. The molecule has 0 atom stereocenters. The van der Waals surface area contributed by atoms with Crippen molar-refractivity contribution in [1.82, 2.24) is 0 Å². The van der Waals surface area contributed by atoms with E-state index in [0.29, 0.717) is 38.7 Å². The molecule has 6 heteroatoms. The molecule has 1 amide bonds. The van der Waals surface area contributed by atoms with Crippen molar-refractivity contribution in [2.75, 3.05) is 11.9 Å². The number of nitrogens with one attached hydrogen (secondary N) is 1. The summed E-state index contributed by atoms with van der Waals surface area (Å²) < 4.78 is 5.32. The van der Waals surface area contributed by atoms with Gasteiger partial charge >= 0.3 is 0 Å². The molecular formula is C15H12Cl3NO2. The molecule has 0 bridgehead atoms. The fraction of sp³-hybridized carbons (Fsp3) is 0.133. The topological polar surface area (TPSA) is 38.3 Å². The highest BCUT2D eigenvalue weighted by Crippen LogP contribution is 2.28. The van der Waals surface area contributed by atoms with Crippen molar-refractivity contribution in [2.24, 2.45) is 0 Å². The average molecular weight is 345 g/mol. The minimum absolute atomic E-state index is 0.316. The Hall–Kier alpha value is -1.42. The highest BCUT2D eigenvalue weighted by molar-refractivity contribution is 6.37. The minimum atomic E-state index is -0.316. The lowest BCUT2D eigenvalue weighted by Crippen LogP contribution is -2.12. The Kier molecular flexibility index (Phi) is 5.34. The fourth-order valence-electron chi connectivity index (χ4n) is 1.70. The van der Waals surface area contributed by atoms with Gasteiger partial charge in [0.15, 0.2) is 0 Å². The Bertz CT molecular complexity index is 674. The molecule has 0 radical (unpaired) electrons. The van der Waals surface area contributed by atoms with Crippen LogP contribution in [0.1, 0.15) is 17.3 Å². The maximum Gasteiger partial charge on any atom is 0.255 e. The zero-order chi connectivity index (χ0) is 15.4. The van der Waals surface area contributed by atoms with Crippen molar-refractivity contribution >= 4 is 46.4 Å². The van der Waals surface area contributed by atoms with E-state index >= 15 is 0 Å². The third-order valence-electron chi connectivity index (χ3n) is 2.67. The second kappa shape index (κ2) is 7.03. The van der Waals surface area contributed by atoms with E-state index in [1.807, 2.05) is 6.92 Å². The standard InChI is InChI=1S/C15H12Cl3NO2/c1-2-21-14-6-3-9(7-12(14)18)15(20)19-13-5-4-10(16)8-11(13)17/h3-8H,2H2,1H3,(H,19,20). The summed E-state index contributed by atoms with van der Waals surface area (Å²) in [6.07, 6.45) is 0. The highest BCUT2D eigenvalue weighted by atomic mass is 35.5. The number of anilines is 1. The van der Waals surface area contributed by atoms with E-state index < -0.39 is 0 Å². The summed E-state index contributed by atoms with van der Waals surface area (Å²) in [5, 5.41) is 3.95. The molecule has 0 spiro atoms. The largest absolute Gasteiger partial charge is 0.492 e. The molecule has 0 aliphatic rings. The summed E-state index contributed by atoms with van der Waals surface area (Å²) >= 11 is 17.9. The molecule has 0 aromatic heterocycles. The number of halogens is 3. The lowest BCUT2D eigenvalue weighted by atomic mass is 10.2. The number of hydrogen-bond acceptors (Lipinski definition) is 2. The molecule has 0 saturated carbocycles. The van der Waals surface area contributed by atoms with Crippen LogP contribution in [0.15, 0.2) is 36.4 Å². The fourth-order valence-corrected chi connectivity index (χ4v) is 2.39. The second-order valence-corrected chi connectivity index (χ2v) is 5.41. The van der Waals surface area contributed by atoms with Gasteiger partial charge in [-0.15, -0.1) is 0 Å². The Labute approximate surface area is 137 Å². The predicted octanol–water partition coefficient (Wildman–Crippen LogP) is 5.30. The summed E-state index contributed by atoms with van der Waals surface area (Å²) in [5.74, 6) is 0.226. The van der Waals surface area contributed by atoms with Gasteiger partial charge in [0.25, 0.3) is 5.91 Å². The van der Waals surface area contributed by atoms with Crippen LogP contribution in [-0.4, -0.2) is 12.5 Å². The Balaban J connectivity index is 2.18. The maximum atomic E-state index is 12.2. The first-order valence-electron chi connectivity index (χ1n) is 6.20. The van der Waals surface area contributed by atoms with Gasteiger partial charge in [0.1, 0.15) is 5.75 Å². The van der Waals surface area contributed by atoms with E-state index in [1.165, 1.54) is 0 Å². The van der Waals surface area contributed by atoms with E-state index in [1.54, 1.807) is 36.4 Å². The lowest BCUT2D eigenvalue weighted by molar-refractivity contribution is 0.102. The Morgan fingerprint density at radius 2 is 1.86 bits per heavy atom. The van der Waals surface area contributed by atoms with Gasteiger partial charge in [-0.05, 0) is 43.3 Å². The van der Waals surface area contributed by atoms with Crippen LogP contribution in [-0.2, 0) is 0 Å². The van der Waals surface area contributed by atoms with Crippen LogP contribution in [0.4, 0.5) is 5.69 Å². The van der Waals surface area contributed by atoms with Crippen molar-refractivity contribution in [3.05, 3.63) is 57.0 Å². The molecule has 2 aromatic carbocycles. The highest BCUT2D eigenvalue weighted by Gasteiger charge is 2.11. The minimum Gasteiger partial charge on any atom is -0.492 e. The average Bonchev–Trinajstić information content (AvgIpc) is 2.44. The monoisotopic (exact) mass is 343 g/mol. The van der Waals surface area contributed by atoms with Crippen LogP contribution in [0.25, 0.3) is 0 Å². The predicted molar refractivity (Wildman–Crippen MR) is 87.0 cm³/mol. The third kappa shape index (κ3) is 4.03. The first-order valence-corrected chi connectivity index (χ1v) is 7.33. The van der Waals surface area contributed by atoms with E-state index in [9.17, 15) is 4.79 Å². The van der Waals surface area contributed by atoms with Gasteiger partial charge in [-0.2, -0.15) is 0 Å². The van der Waals surface area contributed by atoms with Gasteiger partial charge in [0.05, 0.1) is 22.3 Å². The first kappa shape index (κ1) is 16.0. The normalized spacial score (nSPS) is 10.3. The van der Waals surface area contributed by atoms with Gasteiger partial charge in [-0.3, -0.25) is 4.79 Å². The van der Waals surface area contributed by atoms with Crippen LogP contribution < -0.4 is 10.1 Å². The van der Waals surface area contributed by atoms with Gasteiger partial charge in [-0.25, -0.2) is 0 Å². The van der Waals surface area contributed by atoms with Crippen LogP contribution in [0.3, 0.4) is 0 Å². The molecule has 21 heavy (non-hydrogen) atoms. The van der Waals surface area contributed by atoms with Gasteiger partial charge < -0.3 is 10.1 Å². The number of carbonyl (C=O) groups is 1. The van der Waals surface area contributed by atoms with Crippen molar-refractivity contribution in [3.63, 3.8) is 0 Å². The summed E-state index contributed by atoms with van der Waals surface area (Å²) in [5.41, 5.74) is 0.894. The molecule has 0 heterocycles. The quantitative estimate of drug-likeness (QED) is 0.817. The van der Waals surface area contributed by atoms with Gasteiger partial charge in [0, 0.05) is 10.6 Å². The summed E-state index contributed by atoms with van der Waals surface area (Å²) in [4.78, 5) is 12.2. The number of amides is 1. The Morgan fingerprint density at radius 1 is 1.10 bits per heavy atom. The summed E-state index contributed by atoms with van der Waals surface area (Å²) in [7, 11) is 0. The van der Waals surface area contributed by atoms with Crippen molar-refractivity contribution < 1.29 is 9.53 Å². The van der Waals surface area contributed by atoms with Crippen molar-refractivity contribution in [3.8, 4) is 5.75 Å². The maximum absolute atomic E-state index is 12.2. The number of benzene rings is 2. The smallest absolute Gasteiger partial charge is 0.255 e. The Morgan fingerprint density at radius 3 is 2.48 bits per heavy atom. The number of hydrogen-bond donors (Lipinski definition) is 1. The number of carbonyl (C=O) groups excluding carboxylic acids is 1. The van der Waals surface area contributed by atoms with E-state index in [2.05, 4.69) is 5.32 Å². The third-order valence-corrected chi connectivity index (χ3v) is 3.52. The van der Waals surface area contributed by atoms with Crippen LogP contribution in [0, 0.1) is 0 Å². The van der Waals surface area contributed by atoms with Crippen LogP contribution in [0.2, 0.25) is 15.1 Å². The van der Waals surface area contributed by atoms with Gasteiger partial charge in [-0.1, -0.05) is 34.8 Å².